The Hall–Kier alpha value is -1.39. The zero-order valence-corrected chi connectivity index (χ0v) is 13.8. The summed E-state index contributed by atoms with van der Waals surface area (Å²) < 4.78 is 5.62. The van der Waals surface area contributed by atoms with Crippen molar-refractivity contribution in [3.63, 3.8) is 0 Å². The zero-order valence-electron chi connectivity index (χ0n) is 13.8. The van der Waals surface area contributed by atoms with E-state index in [0.29, 0.717) is 29.7 Å². The number of aliphatic hydroxyl groups excluding tert-OH is 1. The number of hydrogen-bond donors (Lipinski definition) is 1. The molecule has 0 aromatic heterocycles. The lowest BCUT2D eigenvalue weighted by Gasteiger charge is -2.35. The summed E-state index contributed by atoms with van der Waals surface area (Å²) in [4.78, 5) is 13.7. The minimum absolute atomic E-state index is 0.0160. The first-order valence-electron chi connectivity index (χ1n) is 8.08. The lowest BCUT2D eigenvalue weighted by Crippen LogP contribution is -2.44. The van der Waals surface area contributed by atoms with Crippen molar-refractivity contribution >= 4 is 5.78 Å². The van der Waals surface area contributed by atoms with Gasteiger partial charge in [-0.05, 0) is 37.3 Å². The lowest BCUT2D eigenvalue weighted by atomic mass is 9.92. The fourth-order valence-electron chi connectivity index (χ4n) is 3.29. The first-order chi connectivity index (χ1) is 10.4. The number of ketones is 1. The second-order valence-electron chi connectivity index (χ2n) is 6.71. The molecule has 1 heterocycles. The maximum atomic E-state index is 11.3. The van der Waals surface area contributed by atoms with E-state index in [1.165, 1.54) is 13.3 Å². The molecule has 1 N–H and O–H groups in total. The highest BCUT2D eigenvalue weighted by molar-refractivity contribution is 5.94. The highest BCUT2D eigenvalue weighted by Gasteiger charge is 2.23. The lowest BCUT2D eigenvalue weighted by molar-refractivity contribution is 0.0429. The number of likely N-dealkylation sites (tertiary alicyclic amines) is 1. The highest BCUT2D eigenvalue weighted by Crippen LogP contribution is 2.21. The monoisotopic (exact) mass is 305 g/mol. The first kappa shape index (κ1) is 17.0. The first-order valence-corrected chi connectivity index (χ1v) is 8.08. The molecule has 2 rings (SSSR count). The molecule has 3 unspecified atom stereocenters. The fourth-order valence-corrected chi connectivity index (χ4v) is 3.29. The maximum Gasteiger partial charge on any atom is 0.159 e. The Morgan fingerprint density at radius 1 is 1.36 bits per heavy atom. The van der Waals surface area contributed by atoms with Crippen LogP contribution >= 0.6 is 0 Å². The van der Waals surface area contributed by atoms with Crippen molar-refractivity contribution in [2.75, 3.05) is 26.2 Å². The number of piperidine rings is 1. The minimum Gasteiger partial charge on any atom is -0.491 e. The second-order valence-corrected chi connectivity index (χ2v) is 6.71. The molecule has 0 bridgehead atoms. The van der Waals surface area contributed by atoms with E-state index < -0.39 is 6.10 Å². The Kier molecular flexibility index (Phi) is 5.98. The largest absolute Gasteiger partial charge is 0.491 e. The molecule has 1 aliphatic heterocycles. The summed E-state index contributed by atoms with van der Waals surface area (Å²) in [5.41, 5.74) is 0.630. The van der Waals surface area contributed by atoms with Gasteiger partial charge in [-0.1, -0.05) is 26.0 Å². The molecule has 0 amide bonds. The van der Waals surface area contributed by atoms with Gasteiger partial charge in [0, 0.05) is 25.2 Å². The van der Waals surface area contributed by atoms with Crippen LogP contribution in [0.5, 0.6) is 5.75 Å². The van der Waals surface area contributed by atoms with Gasteiger partial charge in [0.1, 0.15) is 18.5 Å². The van der Waals surface area contributed by atoms with Crippen molar-refractivity contribution < 1.29 is 14.6 Å². The fraction of sp³-hybridized carbons (Fsp3) is 0.611. The number of ether oxygens (including phenoxy) is 1. The third-order valence-corrected chi connectivity index (χ3v) is 4.10. The number of aliphatic hydroxyl groups is 1. The summed E-state index contributed by atoms with van der Waals surface area (Å²) in [6.07, 6.45) is 0.750. The molecule has 1 saturated heterocycles. The highest BCUT2D eigenvalue weighted by atomic mass is 16.5. The van der Waals surface area contributed by atoms with E-state index in [2.05, 4.69) is 18.7 Å². The van der Waals surface area contributed by atoms with E-state index in [9.17, 15) is 9.90 Å². The molecule has 1 aromatic rings. The Balaban J connectivity index is 1.81. The number of β-amino-alcohol motifs (C(OH)–C–C–N with tert-alkyl or cyclic N) is 1. The smallest absolute Gasteiger partial charge is 0.159 e. The normalized spacial score (nSPS) is 24.0. The summed E-state index contributed by atoms with van der Waals surface area (Å²) in [5.74, 6) is 2.02. The molecule has 0 radical (unpaired) electrons. The van der Waals surface area contributed by atoms with Gasteiger partial charge in [0.05, 0.1) is 0 Å². The molecular weight excluding hydrogens is 278 g/mol. The van der Waals surface area contributed by atoms with Crippen LogP contribution in [0.15, 0.2) is 24.3 Å². The Morgan fingerprint density at radius 3 is 2.68 bits per heavy atom. The molecule has 1 aromatic carbocycles. The number of Topliss-reactive ketones (excluding diaryl/α,β-unsaturated/α-hetero) is 1. The van der Waals surface area contributed by atoms with Gasteiger partial charge < -0.3 is 14.7 Å². The van der Waals surface area contributed by atoms with Crippen LogP contribution in [-0.2, 0) is 0 Å². The molecule has 4 heteroatoms. The van der Waals surface area contributed by atoms with Crippen molar-refractivity contribution in [3.05, 3.63) is 29.8 Å². The van der Waals surface area contributed by atoms with E-state index in [-0.39, 0.29) is 12.4 Å². The number of carbonyl (C=O) groups is 1. The molecule has 122 valence electrons. The minimum atomic E-state index is -0.515. The number of hydrogen-bond acceptors (Lipinski definition) is 4. The van der Waals surface area contributed by atoms with E-state index in [1.807, 2.05) is 6.07 Å². The number of benzene rings is 1. The predicted molar refractivity (Wildman–Crippen MR) is 87.3 cm³/mol. The van der Waals surface area contributed by atoms with Crippen LogP contribution in [0, 0.1) is 11.8 Å². The van der Waals surface area contributed by atoms with Gasteiger partial charge >= 0.3 is 0 Å². The summed E-state index contributed by atoms with van der Waals surface area (Å²) >= 11 is 0. The zero-order chi connectivity index (χ0) is 16.1. The molecule has 22 heavy (non-hydrogen) atoms. The van der Waals surface area contributed by atoms with Crippen molar-refractivity contribution in [1.82, 2.24) is 4.90 Å². The van der Waals surface area contributed by atoms with Gasteiger partial charge in [-0.2, -0.15) is 0 Å². The maximum absolute atomic E-state index is 11.3. The van der Waals surface area contributed by atoms with Crippen LogP contribution < -0.4 is 4.74 Å². The summed E-state index contributed by atoms with van der Waals surface area (Å²) in [7, 11) is 0. The standard InChI is InChI=1S/C18H27NO3/c1-13-7-14(2)10-19(9-13)11-17(21)12-22-18-6-4-5-16(8-18)15(3)20/h4-6,8,13-14,17,21H,7,9-12H2,1-3H3. The summed E-state index contributed by atoms with van der Waals surface area (Å²) in [5, 5.41) is 10.2. The van der Waals surface area contributed by atoms with Crippen molar-refractivity contribution in [3.8, 4) is 5.75 Å². The van der Waals surface area contributed by atoms with Crippen LogP contribution in [-0.4, -0.2) is 48.1 Å². The van der Waals surface area contributed by atoms with Gasteiger partial charge in [0.15, 0.2) is 5.78 Å². The summed E-state index contributed by atoms with van der Waals surface area (Å²) in [6.45, 7) is 9.04. The van der Waals surface area contributed by atoms with E-state index in [0.717, 1.165) is 13.1 Å². The molecule has 0 aliphatic carbocycles. The predicted octanol–water partition coefficient (Wildman–Crippen LogP) is 2.61. The molecule has 0 spiro atoms. The van der Waals surface area contributed by atoms with Crippen LogP contribution in [0.2, 0.25) is 0 Å². The van der Waals surface area contributed by atoms with Crippen molar-refractivity contribution in [2.45, 2.75) is 33.3 Å². The van der Waals surface area contributed by atoms with Crippen molar-refractivity contribution in [1.29, 1.82) is 0 Å². The average Bonchev–Trinajstić information content (AvgIpc) is 2.44. The van der Waals surface area contributed by atoms with Gasteiger partial charge in [0.25, 0.3) is 0 Å². The molecule has 1 aliphatic rings. The molecule has 3 atom stereocenters. The number of rotatable bonds is 6. The van der Waals surface area contributed by atoms with Gasteiger partial charge in [-0.3, -0.25) is 4.79 Å². The Bertz CT molecular complexity index is 493. The average molecular weight is 305 g/mol. The van der Waals surface area contributed by atoms with Gasteiger partial charge in [-0.25, -0.2) is 0 Å². The van der Waals surface area contributed by atoms with Gasteiger partial charge in [0.2, 0.25) is 0 Å². The third-order valence-electron chi connectivity index (χ3n) is 4.10. The van der Waals surface area contributed by atoms with E-state index >= 15 is 0 Å². The SMILES string of the molecule is CC(=O)c1cccc(OCC(O)CN2CC(C)CC(C)C2)c1. The van der Waals surface area contributed by atoms with E-state index in [4.69, 9.17) is 4.74 Å². The van der Waals surface area contributed by atoms with Crippen LogP contribution in [0.3, 0.4) is 0 Å². The van der Waals surface area contributed by atoms with Crippen LogP contribution in [0.4, 0.5) is 0 Å². The molecular formula is C18H27NO3. The Morgan fingerprint density at radius 2 is 2.05 bits per heavy atom. The Labute approximate surface area is 133 Å². The summed E-state index contributed by atoms with van der Waals surface area (Å²) in [6, 6.07) is 7.10. The van der Waals surface area contributed by atoms with Gasteiger partial charge in [-0.15, -0.1) is 0 Å². The molecule has 1 fully saturated rings. The molecule has 4 nitrogen and oxygen atoms in total. The van der Waals surface area contributed by atoms with Crippen LogP contribution in [0.1, 0.15) is 37.6 Å². The van der Waals surface area contributed by atoms with E-state index in [1.54, 1.807) is 18.2 Å². The quantitative estimate of drug-likeness (QED) is 0.821. The third kappa shape index (κ3) is 5.11. The van der Waals surface area contributed by atoms with Crippen LogP contribution in [0.25, 0.3) is 0 Å². The number of carbonyl (C=O) groups excluding carboxylic acids is 1. The molecule has 0 saturated carbocycles. The van der Waals surface area contributed by atoms with Crippen molar-refractivity contribution in [2.24, 2.45) is 11.8 Å². The topological polar surface area (TPSA) is 49.8 Å². The number of nitrogens with zero attached hydrogens (tertiary/aromatic N) is 1. The second kappa shape index (κ2) is 7.75.